The fraction of sp³-hybridized carbons (Fsp3) is 0.235. The van der Waals surface area contributed by atoms with Gasteiger partial charge in [0.15, 0.2) is 0 Å². The number of nitrogens with one attached hydrogen (secondary N) is 1. The molecule has 0 saturated heterocycles. The molecule has 0 saturated carbocycles. The summed E-state index contributed by atoms with van der Waals surface area (Å²) in [5.74, 6) is 0.735. The van der Waals surface area contributed by atoms with Gasteiger partial charge in [0, 0.05) is 12.1 Å². The highest BCUT2D eigenvalue weighted by atomic mass is 16.5. The Morgan fingerprint density at radius 2 is 2.05 bits per heavy atom. The second-order valence-electron chi connectivity index (χ2n) is 5.21. The summed E-state index contributed by atoms with van der Waals surface area (Å²) in [5, 5.41) is 2.87. The van der Waals surface area contributed by atoms with Crippen LogP contribution < -0.4 is 15.8 Å². The van der Waals surface area contributed by atoms with E-state index >= 15 is 0 Å². The van der Waals surface area contributed by atoms with Crippen molar-refractivity contribution in [3.05, 3.63) is 59.7 Å². The third-order valence-electron chi connectivity index (χ3n) is 3.59. The molecular weight excluding hydrogens is 264 g/mol. The highest BCUT2D eigenvalue weighted by Gasteiger charge is 2.16. The van der Waals surface area contributed by atoms with E-state index < -0.39 is 6.04 Å². The number of amides is 1. The third kappa shape index (κ3) is 3.23. The van der Waals surface area contributed by atoms with Crippen molar-refractivity contribution in [2.45, 2.75) is 18.9 Å². The predicted molar refractivity (Wildman–Crippen MR) is 82.4 cm³/mol. The van der Waals surface area contributed by atoms with Gasteiger partial charge >= 0.3 is 0 Å². The normalized spacial score (nSPS) is 14.1. The number of hydrogen-bond acceptors (Lipinski definition) is 3. The number of rotatable bonds is 4. The lowest BCUT2D eigenvalue weighted by molar-refractivity contribution is -0.117. The average molecular weight is 282 g/mol. The van der Waals surface area contributed by atoms with Gasteiger partial charge in [-0.15, -0.1) is 0 Å². The van der Waals surface area contributed by atoms with Crippen LogP contribution in [0.15, 0.2) is 48.5 Å². The van der Waals surface area contributed by atoms with Crippen LogP contribution in [0.4, 0.5) is 5.69 Å². The summed E-state index contributed by atoms with van der Waals surface area (Å²) in [6.07, 6.45) is 1.41. The van der Waals surface area contributed by atoms with Crippen LogP contribution in [0.1, 0.15) is 11.1 Å². The first-order valence-electron chi connectivity index (χ1n) is 7.08. The Morgan fingerprint density at radius 1 is 1.24 bits per heavy atom. The Morgan fingerprint density at radius 3 is 2.86 bits per heavy atom. The van der Waals surface area contributed by atoms with Crippen molar-refractivity contribution >= 4 is 11.6 Å². The molecule has 0 bridgehead atoms. The second kappa shape index (κ2) is 5.97. The van der Waals surface area contributed by atoms with E-state index in [0.29, 0.717) is 13.0 Å². The number of hydrogen-bond donors (Lipinski definition) is 2. The lowest BCUT2D eigenvalue weighted by atomic mass is 10.1. The molecule has 0 aliphatic carbocycles. The minimum absolute atomic E-state index is 0.169. The van der Waals surface area contributed by atoms with Crippen molar-refractivity contribution in [2.75, 3.05) is 11.9 Å². The van der Waals surface area contributed by atoms with Crippen molar-refractivity contribution < 1.29 is 9.53 Å². The Kier molecular flexibility index (Phi) is 3.88. The van der Waals surface area contributed by atoms with Crippen LogP contribution in [0.5, 0.6) is 5.75 Å². The van der Waals surface area contributed by atoms with Gasteiger partial charge in [-0.25, -0.2) is 0 Å². The maximum Gasteiger partial charge on any atom is 0.241 e. The van der Waals surface area contributed by atoms with Gasteiger partial charge in [0.2, 0.25) is 5.91 Å². The van der Waals surface area contributed by atoms with Gasteiger partial charge in [0.05, 0.1) is 12.6 Å². The number of nitrogens with two attached hydrogens (primary N) is 1. The predicted octanol–water partition coefficient (Wildman–Crippen LogP) is 2.13. The van der Waals surface area contributed by atoms with Gasteiger partial charge in [0.1, 0.15) is 5.75 Å². The van der Waals surface area contributed by atoms with E-state index in [1.807, 2.05) is 48.5 Å². The maximum atomic E-state index is 12.1. The summed E-state index contributed by atoms with van der Waals surface area (Å²) in [5.41, 5.74) is 8.93. The summed E-state index contributed by atoms with van der Waals surface area (Å²) in [7, 11) is 0. The highest BCUT2D eigenvalue weighted by Crippen LogP contribution is 2.27. The minimum Gasteiger partial charge on any atom is -0.493 e. The van der Waals surface area contributed by atoms with Crippen molar-refractivity contribution in [3.63, 3.8) is 0 Å². The third-order valence-corrected chi connectivity index (χ3v) is 3.59. The number of ether oxygens (including phenoxy) is 1. The van der Waals surface area contributed by atoms with Crippen LogP contribution in [-0.2, 0) is 17.6 Å². The summed E-state index contributed by atoms with van der Waals surface area (Å²) >= 11 is 0. The van der Waals surface area contributed by atoms with Gasteiger partial charge in [-0.2, -0.15) is 0 Å². The topological polar surface area (TPSA) is 64.4 Å². The van der Waals surface area contributed by atoms with E-state index in [-0.39, 0.29) is 5.91 Å². The molecule has 108 valence electrons. The number of carbonyl (C=O) groups excluding carboxylic acids is 1. The lowest BCUT2D eigenvalue weighted by Gasteiger charge is -2.13. The summed E-state index contributed by atoms with van der Waals surface area (Å²) in [4.78, 5) is 12.1. The molecule has 4 nitrogen and oxygen atoms in total. The van der Waals surface area contributed by atoms with E-state index in [1.165, 1.54) is 0 Å². The fourth-order valence-corrected chi connectivity index (χ4v) is 2.46. The molecule has 21 heavy (non-hydrogen) atoms. The Labute approximate surface area is 123 Å². The molecule has 1 aliphatic heterocycles. The molecule has 0 radical (unpaired) electrons. The fourth-order valence-electron chi connectivity index (χ4n) is 2.46. The van der Waals surface area contributed by atoms with Crippen LogP contribution in [0, 0.1) is 0 Å². The quantitative estimate of drug-likeness (QED) is 0.903. The summed E-state index contributed by atoms with van der Waals surface area (Å²) in [6.45, 7) is 0.709. The first kappa shape index (κ1) is 13.6. The minimum atomic E-state index is -0.558. The molecule has 1 unspecified atom stereocenters. The molecule has 2 aromatic rings. The van der Waals surface area contributed by atoms with Crippen LogP contribution in [0.2, 0.25) is 0 Å². The van der Waals surface area contributed by atoms with Crippen LogP contribution >= 0.6 is 0 Å². The van der Waals surface area contributed by atoms with Crippen LogP contribution in [0.3, 0.4) is 0 Å². The molecule has 0 aromatic heterocycles. The Bertz CT molecular complexity index is 640. The Balaban J connectivity index is 1.63. The van der Waals surface area contributed by atoms with Crippen molar-refractivity contribution in [3.8, 4) is 5.75 Å². The molecule has 0 spiro atoms. The molecule has 3 N–H and O–H groups in total. The zero-order valence-electron chi connectivity index (χ0n) is 11.7. The van der Waals surface area contributed by atoms with Gasteiger partial charge in [-0.05, 0) is 35.7 Å². The van der Waals surface area contributed by atoms with Gasteiger partial charge < -0.3 is 15.8 Å². The summed E-state index contributed by atoms with van der Waals surface area (Å²) < 4.78 is 5.45. The molecule has 1 amide bonds. The summed E-state index contributed by atoms with van der Waals surface area (Å²) in [6, 6.07) is 14.9. The maximum absolute atomic E-state index is 12.1. The zero-order chi connectivity index (χ0) is 14.7. The monoisotopic (exact) mass is 282 g/mol. The van der Waals surface area contributed by atoms with Crippen molar-refractivity contribution in [2.24, 2.45) is 5.73 Å². The van der Waals surface area contributed by atoms with Crippen LogP contribution in [0.25, 0.3) is 0 Å². The SMILES string of the molecule is NC(Cc1ccccc1)C(=O)Nc1ccc2c(c1)CCO2. The lowest BCUT2D eigenvalue weighted by Crippen LogP contribution is -2.37. The number of carbonyl (C=O) groups is 1. The molecule has 4 heteroatoms. The van der Waals surface area contributed by atoms with E-state index in [4.69, 9.17) is 10.5 Å². The zero-order valence-corrected chi connectivity index (χ0v) is 11.7. The second-order valence-corrected chi connectivity index (χ2v) is 5.21. The molecule has 0 fully saturated rings. The Hall–Kier alpha value is -2.33. The first-order valence-corrected chi connectivity index (χ1v) is 7.08. The van der Waals surface area contributed by atoms with Gasteiger partial charge in [-0.1, -0.05) is 30.3 Å². The smallest absolute Gasteiger partial charge is 0.241 e. The molecule has 1 atom stereocenters. The van der Waals surface area contributed by atoms with E-state index in [9.17, 15) is 4.79 Å². The molecule has 3 rings (SSSR count). The van der Waals surface area contributed by atoms with E-state index in [1.54, 1.807) is 0 Å². The molecule has 1 aliphatic rings. The molecule has 1 heterocycles. The van der Waals surface area contributed by atoms with Gasteiger partial charge in [0.25, 0.3) is 0 Å². The molecular formula is C17H18N2O2. The highest BCUT2D eigenvalue weighted by molar-refractivity contribution is 5.95. The van der Waals surface area contributed by atoms with E-state index in [0.717, 1.165) is 29.0 Å². The van der Waals surface area contributed by atoms with Crippen molar-refractivity contribution in [1.82, 2.24) is 0 Å². The molecule has 2 aromatic carbocycles. The number of anilines is 1. The standard InChI is InChI=1S/C17H18N2O2/c18-15(10-12-4-2-1-3-5-12)17(20)19-14-6-7-16-13(11-14)8-9-21-16/h1-7,11,15H,8-10,18H2,(H,19,20). The van der Waals surface area contributed by atoms with Crippen molar-refractivity contribution in [1.29, 1.82) is 0 Å². The number of fused-ring (bicyclic) bond motifs is 1. The number of benzene rings is 2. The van der Waals surface area contributed by atoms with Gasteiger partial charge in [-0.3, -0.25) is 4.79 Å². The van der Waals surface area contributed by atoms with Crippen LogP contribution in [-0.4, -0.2) is 18.6 Å². The van der Waals surface area contributed by atoms with E-state index in [2.05, 4.69) is 5.32 Å². The first-order chi connectivity index (χ1) is 10.2. The largest absolute Gasteiger partial charge is 0.493 e. The average Bonchev–Trinajstić information content (AvgIpc) is 2.95.